The zero-order chi connectivity index (χ0) is 17.8. The second kappa shape index (κ2) is 8.03. The Labute approximate surface area is 151 Å². The van der Waals surface area contributed by atoms with Crippen LogP contribution in [0, 0.1) is 5.92 Å². The Hall–Kier alpha value is -1.84. The van der Waals surface area contributed by atoms with Gasteiger partial charge in [0.2, 0.25) is 5.91 Å². The first-order valence-electron chi connectivity index (χ1n) is 9.70. The van der Waals surface area contributed by atoms with Gasteiger partial charge in [-0.3, -0.25) is 9.59 Å². The highest BCUT2D eigenvalue weighted by Gasteiger charge is 2.24. The summed E-state index contributed by atoms with van der Waals surface area (Å²) in [5.74, 6) is 1.00. The van der Waals surface area contributed by atoms with E-state index in [4.69, 9.17) is 0 Å². The number of hydrogen-bond acceptors (Lipinski definition) is 2. The third-order valence-electron chi connectivity index (χ3n) is 5.85. The van der Waals surface area contributed by atoms with Crippen molar-refractivity contribution in [3.8, 4) is 0 Å². The molecule has 0 aromatic heterocycles. The van der Waals surface area contributed by atoms with E-state index < -0.39 is 0 Å². The van der Waals surface area contributed by atoms with E-state index in [0.29, 0.717) is 12.0 Å². The molecular formula is C21H30N2O2. The van der Waals surface area contributed by atoms with Crippen molar-refractivity contribution < 1.29 is 9.59 Å². The van der Waals surface area contributed by atoms with Gasteiger partial charge in [-0.05, 0) is 69.1 Å². The summed E-state index contributed by atoms with van der Waals surface area (Å²) >= 11 is 0. The molecule has 4 nitrogen and oxygen atoms in total. The van der Waals surface area contributed by atoms with Gasteiger partial charge in [-0.1, -0.05) is 12.1 Å². The van der Waals surface area contributed by atoms with Gasteiger partial charge in [0.1, 0.15) is 0 Å². The summed E-state index contributed by atoms with van der Waals surface area (Å²) < 4.78 is 0. The fraction of sp³-hybridized carbons (Fsp3) is 0.619. The Morgan fingerprint density at radius 3 is 2.28 bits per heavy atom. The van der Waals surface area contributed by atoms with Gasteiger partial charge in [-0.15, -0.1) is 0 Å². The molecule has 2 aliphatic rings. The van der Waals surface area contributed by atoms with Crippen LogP contribution in [0.5, 0.6) is 0 Å². The summed E-state index contributed by atoms with van der Waals surface area (Å²) in [5.41, 5.74) is 2.11. The standard InChI is InChI=1S/C21H30N2O2/c1-16-5-3-4-12-23(16)21(25)20-8-6-18(7-9-20)15-19-10-13-22(14-11-19)17(2)24/h6-9,16,19H,3-5,10-15H2,1-2H3. The maximum atomic E-state index is 12.7. The number of rotatable bonds is 3. The van der Waals surface area contributed by atoms with Gasteiger partial charge in [0.15, 0.2) is 0 Å². The highest BCUT2D eigenvalue weighted by Crippen LogP contribution is 2.23. The van der Waals surface area contributed by atoms with Gasteiger partial charge in [-0.25, -0.2) is 0 Å². The van der Waals surface area contributed by atoms with Crippen molar-refractivity contribution in [2.24, 2.45) is 5.92 Å². The Kier molecular flexibility index (Phi) is 5.77. The molecule has 0 spiro atoms. The number of amides is 2. The number of piperidine rings is 2. The van der Waals surface area contributed by atoms with Gasteiger partial charge in [0, 0.05) is 38.2 Å². The molecule has 1 atom stereocenters. The highest BCUT2D eigenvalue weighted by molar-refractivity contribution is 5.94. The summed E-state index contributed by atoms with van der Waals surface area (Å²) in [6, 6.07) is 8.55. The van der Waals surface area contributed by atoms with Gasteiger partial charge < -0.3 is 9.80 Å². The molecule has 0 bridgehead atoms. The first-order valence-corrected chi connectivity index (χ1v) is 9.70. The van der Waals surface area contributed by atoms with Crippen LogP contribution >= 0.6 is 0 Å². The molecule has 1 unspecified atom stereocenters. The summed E-state index contributed by atoms with van der Waals surface area (Å²) in [6.45, 7) is 6.45. The Morgan fingerprint density at radius 2 is 1.68 bits per heavy atom. The number of carbonyl (C=O) groups is 2. The monoisotopic (exact) mass is 342 g/mol. The van der Waals surface area contributed by atoms with Crippen molar-refractivity contribution >= 4 is 11.8 Å². The van der Waals surface area contributed by atoms with E-state index in [1.165, 1.54) is 12.0 Å². The number of hydrogen-bond donors (Lipinski definition) is 0. The van der Waals surface area contributed by atoms with Crippen LogP contribution in [0.3, 0.4) is 0 Å². The van der Waals surface area contributed by atoms with Crippen LogP contribution in [0.25, 0.3) is 0 Å². The van der Waals surface area contributed by atoms with Crippen LogP contribution in [0.15, 0.2) is 24.3 Å². The number of nitrogens with zero attached hydrogens (tertiary/aromatic N) is 2. The fourth-order valence-electron chi connectivity index (χ4n) is 4.13. The molecule has 2 amide bonds. The molecule has 2 heterocycles. The highest BCUT2D eigenvalue weighted by atomic mass is 16.2. The zero-order valence-electron chi connectivity index (χ0n) is 15.5. The van der Waals surface area contributed by atoms with Crippen molar-refractivity contribution in [2.75, 3.05) is 19.6 Å². The van der Waals surface area contributed by atoms with E-state index in [1.807, 2.05) is 21.9 Å². The molecule has 136 valence electrons. The third kappa shape index (κ3) is 4.42. The largest absolute Gasteiger partial charge is 0.343 e. The Morgan fingerprint density at radius 1 is 1.00 bits per heavy atom. The molecule has 2 aliphatic heterocycles. The van der Waals surface area contributed by atoms with Crippen LogP contribution in [-0.2, 0) is 11.2 Å². The zero-order valence-corrected chi connectivity index (χ0v) is 15.5. The second-order valence-corrected chi connectivity index (χ2v) is 7.69. The van der Waals surface area contributed by atoms with Crippen molar-refractivity contribution in [3.05, 3.63) is 35.4 Å². The summed E-state index contributed by atoms with van der Waals surface area (Å²) in [6.07, 6.45) is 6.65. The van der Waals surface area contributed by atoms with E-state index in [0.717, 1.165) is 57.3 Å². The van der Waals surface area contributed by atoms with Crippen LogP contribution in [-0.4, -0.2) is 47.3 Å². The fourth-order valence-corrected chi connectivity index (χ4v) is 4.13. The van der Waals surface area contributed by atoms with E-state index >= 15 is 0 Å². The maximum absolute atomic E-state index is 12.7. The molecule has 2 fully saturated rings. The molecule has 1 aromatic carbocycles. The Bertz CT molecular complexity index is 603. The second-order valence-electron chi connectivity index (χ2n) is 7.69. The minimum Gasteiger partial charge on any atom is -0.343 e. The maximum Gasteiger partial charge on any atom is 0.254 e. The van der Waals surface area contributed by atoms with E-state index in [2.05, 4.69) is 19.1 Å². The molecule has 25 heavy (non-hydrogen) atoms. The lowest BCUT2D eigenvalue weighted by molar-refractivity contribution is -0.130. The predicted octanol–water partition coefficient (Wildman–Crippen LogP) is 3.50. The van der Waals surface area contributed by atoms with Gasteiger partial charge in [0.05, 0.1) is 0 Å². The normalized spacial score (nSPS) is 22.1. The van der Waals surface area contributed by atoms with Crippen LogP contribution < -0.4 is 0 Å². The molecule has 2 saturated heterocycles. The molecule has 0 saturated carbocycles. The SMILES string of the molecule is CC(=O)N1CCC(Cc2ccc(C(=O)N3CCCCC3C)cc2)CC1. The topological polar surface area (TPSA) is 40.6 Å². The van der Waals surface area contributed by atoms with Gasteiger partial charge in [-0.2, -0.15) is 0 Å². The first kappa shape index (κ1) is 18.0. The molecule has 0 aliphatic carbocycles. The molecule has 0 N–H and O–H groups in total. The summed E-state index contributed by atoms with van der Waals surface area (Å²) in [7, 11) is 0. The lowest BCUT2D eigenvalue weighted by Crippen LogP contribution is -2.42. The number of carbonyl (C=O) groups excluding carboxylic acids is 2. The molecule has 0 radical (unpaired) electrons. The quantitative estimate of drug-likeness (QED) is 0.843. The Balaban J connectivity index is 1.55. The number of likely N-dealkylation sites (tertiary alicyclic amines) is 2. The minimum atomic E-state index is 0.175. The molecular weight excluding hydrogens is 312 g/mol. The van der Waals surface area contributed by atoms with Crippen LogP contribution in [0.4, 0.5) is 0 Å². The molecule has 4 heteroatoms. The molecule has 3 rings (SSSR count). The molecule has 1 aromatic rings. The lowest BCUT2D eigenvalue weighted by Gasteiger charge is -2.33. The predicted molar refractivity (Wildman–Crippen MR) is 99.5 cm³/mol. The van der Waals surface area contributed by atoms with E-state index in [9.17, 15) is 9.59 Å². The van der Waals surface area contributed by atoms with E-state index in [-0.39, 0.29) is 11.8 Å². The van der Waals surface area contributed by atoms with Crippen molar-refractivity contribution in [2.45, 2.75) is 58.4 Å². The lowest BCUT2D eigenvalue weighted by atomic mass is 9.90. The summed E-state index contributed by atoms with van der Waals surface area (Å²) in [5, 5.41) is 0. The summed E-state index contributed by atoms with van der Waals surface area (Å²) in [4.78, 5) is 28.1. The van der Waals surface area contributed by atoms with Crippen molar-refractivity contribution in [1.82, 2.24) is 9.80 Å². The number of benzene rings is 1. The third-order valence-corrected chi connectivity index (χ3v) is 5.85. The average Bonchev–Trinajstić information content (AvgIpc) is 2.63. The first-order chi connectivity index (χ1) is 12.0. The minimum absolute atomic E-state index is 0.175. The van der Waals surface area contributed by atoms with Crippen molar-refractivity contribution in [3.63, 3.8) is 0 Å². The van der Waals surface area contributed by atoms with Crippen molar-refractivity contribution in [1.29, 1.82) is 0 Å². The van der Waals surface area contributed by atoms with E-state index in [1.54, 1.807) is 6.92 Å². The van der Waals surface area contributed by atoms with Gasteiger partial charge in [0.25, 0.3) is 5.91 Å². The smallest absolute Gasteiger partial charge is 0.254 e. The average molecular weight is 342 g/mol. The van der Waals surface area contributed by atoms with Crippen LogP contribution in [0.2, 0.25) is 0 Å². The van der Waals surface area contributed by atoms with Gasteiger partial charge >= 0.3 is 0 Å². The van der Waals surface area contributed by atoms with Crippen LogP contribution in [0.1, 0.15) is 61.9 Å².